The zero-order valence-corrected chi connectivity index (χ0v) is 15.3. The standard InChI is InChI=1S/C20H26N4O2/c1-25-17-4-2-3-15(11-17)12-24-8-5-18-19(6-9-24)21-14-22-20(18)23-16-7-10-26-13-16/h2-4,11,14,16H,5-10,12-13H2,1H3,(H,21,22,23)/t16-/m1/s1. The van der Waals surface area contributed by atoms with Gasteiger partial charge < -0.3 is 14.8 Å². The van der Waals surface area contributed by atoms with Crippen molar-refractivity contribution < 1.29 is 9.47 Å². The van der Waals surface area contributed by atoms with Crippen molar-refractivity contribution in [2.45, 2.75) is 31.8 Å². The zero-order valence-electron chi connectivity index (χ0n) is 15.3. The number of anilines is 1. The highest BCUT2D eigenvalue weighted by atomic mass is 16.5. The van der Waals surface area contributed by atoms with Gasteiger partial charge in [0.15, 0.2) is 0 Å². The van der Waals surface area contributed by atoms with Crippen LogP contribution in [0.15, 0.2) is 30.6 Å². The van der Waals surface area contributed by atoms with Crippen molar-refractivity contribution in [3.05, 3.63) is 47.4 Å². The first kappa shape index (κ1) is 17.2. The monoisotopic (exact) mass is 354 g/mol. The van der Waals surface area contributed by atoms with Gasteiger partial charge in [0, 0.05) is 38.2 Å². The molecule has 6 heteroatoms. The minimum atomic E-state index is 0.366. The van der Waals surface area contributed by atoms with Crippen molar-refractivity contribution in [2.24, 2.45) is 0 Å². The summed E-state index contributed by atoms with van der Waals surface area (Å²) in [5.41, 5.74) is 3.73. The third-order valence-corrected chi connectivity index (χ3v) is 5.19. The van der Waals surface area contributed by atoms with Crippen molar-refractivity contribution in [1.82, 2.24) is 14.9 Å². The molecule has 1 fully saturated rings. The van der Waals surface area contributed by atoms with Crippen LogP contribution < -0.4 is 10.1 Å². The van der Waals surface area contributed by atoms with Gasteiger partial charge in [-0.15, -0.1) is 0 Å². The number of hydrogen-bond donors (Lipinski definition) is 1. The summed E-state index contributed by atoms with van der Waals surface area (Å²) in [7, 11) is 1.71. The largest absolute Gasteiger partial charge is 0.497 e. The first-order valence-electron chi connectivity index (χ1n) is 9.34. The number of aromatic nitrogens is 2. The molecule has 3 heterocycles. The molecule has 0 spiro atoms. The van der Waals surface area contributed by atoms with Crippen LogP contribution in [0.1, 0.15) is 23.2 Å². The number of rotatable bonds is 5. The zero-order chi connectivity index (χ0) is 17.8. The van der Waals surface area contributed by atoms with Crippen LogP contribution in [-0.2, 0) is 24.1 Å². The summed E-state index contributed by atoms with van der Waals surface area (Å²) in [6.45, 7) is 4.54. The van der Waals surface area contributed by atoms with Gasteiger partial charge in [0.25, 0.3) is 0 Å². The van der Waals surface area contributed by atoms with E-state index in [9.17, 15) is 0 Å². The van der Waals surface area contributed by atoms with Crippen molar-refractivity contribution in [3.63, 3.8) is 0 Å². The third kappa shape index (κ3) is 3.97. The van der Waals surface area contributed by atoms with Crippen LogP contribution in [0.5, 0.6) is 5.75 Å². The van der Waals surface area contributed by atoms with E-state index in [1.54, 1.807) is 13.4 Å². The lowest BCUT2D eigenvalue weighted by molar-refractivity contribution is 0.195. The second kappa shape index (κ2) is 8.01. The number of methoxy groups -OCH3 is 1. The number of benzene rings is 1. The Balaban J connectivity index is 1.44. The Morgan fingerprint density at radius 2 is 2.19 bits per heavy atom. The number of nitrogens with zero attached hydrogens (tertiary/aromatic N) is 3. The van der Waals surface area contributed by atoms with Gasteiger partial charge in [-0.25, -0.2) is 9.97 Å². The van der Waals surface area contributed by atoms with E-state index < -0.39 is 0 Å². The molecule has 0 amide bonds. The average molecular weight is 354 g/mol. The van der Waals surface area contributed by atoms with E-state index in [2.05, 4.69) is 38.4 Å². The lowest BCUT2D eigenvalue weighted by Crippen LogP contribution is -2.26. The van der Waals surface area contributed by atoms with E-state index in [4.69, 9.17) is 9.47 Å². The molecule has 138 valence electrons. The van der Waals surface area contributed by atoms with Gasteiger partial charge in [0.05, 0.1) is 25.5 Å². The van der Waals surface area contributed by atoms with Crippen LogP contribution in [0, 0.1) is 0 Å². The number of ether oxygens (including phenoxy) is 2. The fraction of sp³-hybridized carbons (Fsp3) is 0.500. The summed E-state index contributed by atoms with van der Waals surface area (Å²) < 4.78 is 10.8. The first-order valence-corrected chi connectivity index (χ1v) is 9.34. The van der Waals surface area contributed by atoms with Crippen LogP contribution in [-0.4, -0.2) is 54.3 Å². The highest BCUT2D eigenvalue weighted by Crippen LogP contribution is 2.23. The summed E-state index contributed by atoms with van der Waals surface area (Å²) >= 11 is 0. The summed E-state index contributed by atoms with van der Waals surface area (Å²) in [6.07, 6.45) is 4.66. The van der Waals surface area contributed by atoms with Crippen molar-refractivity contribution in [2.75, 3.05) is 38.7 Å². The Morgan fingerprint density at radius 1 is 1.27 bits per heavy atom. The van der Waals surface area contributed by atoms with Gasteiger partial charge >= 0.3 is 0 Å². The maximum atomic E-state index is 5.48. The van der Waals surface area contributed by atoms with Crippen molar-refractivity contribution in [1.29, 1.82) is 0 Å². The topological polar surface area (TPSA) is 59.5 Å². The van der Waals surface area contributed by atoms with E-state index in [1.807, 2.05) is 6.07 Å². The molecule has 0 radical (unpaired) electrons. The first-order chi connectivity index (χ1) is 12.8. The fourth-order valence-electron chi connectivity index (χ4n) is 3.73. The van der Waals surface area contributed by atoms with Gasteiger partial charge in [-0.3, -0.25) is 4.90 Å². The minimum Gasteiger partial charge on any atom is -0.497 e. The normalized spacial score (nSPS) is 20.4. The quantitative estimate of drug-likeness (QED) is 0.889. The van der Waals surface area contributed by atoms with E-state index in [0.717, 1.165) is 63.7 Å². The number of nitrogens with one attached hydrogen (secondary N) is 1. The molecule has 0 unspecified atom stereocenters. The smallest absolute Gasteiger partial charge is 0.133 e. The molecular formula is C20H26N4O2. The van der Waals surface area contributed by atoms with Gasteiger partial charge in [-0.1, -0.05) is 12.1 Å². The predicted octanol–water partition coefficient (Wildman–Crippen LogP) is 2.29. The molecule has 0 saturated carbocycles. The Bertz CT molecular complexity index is 746. The summed E-state index contributed by atoms with van der Waals surface area (Å²) in [5, 5.41) is 3.57. The average Bonchev–Trinajstić information content (AvgIpc) is 3.09. The van der Waals surface area contributed by atoms with Crippen LogP contribution in [0.3, 0.4) is 0 Å². The van der Waals surface area contributed by atoms with Gasteiger partial charge in [-0.05, 0) is 30.5 Å². The maximum Gasteiger partial charge on any atom is 0.133 e. The summed E-state index contributed by atoms with van der Waals surface area (Å²) in [5.74, 6) is 1.91. The Hall–Kier alpha value is -2.18. The molecular weight excluding hydrogens is 328 g/mol. The van der Waals surface area contributed by atoms with Gasteiger partial charge in [0.2, 0.25) is 0 Å². The lowest BCUT2D eigenvalue weighted by atomic mass is 10.1. The summed E-state index contributed by atoms with van der Waals surface area (Å²) in [6, 6.07) is 8.68. The molecule has 1 atom stereocenters. The lowest BCUT2D eigenvalue weighted by Gasteiger charge is -2.20. The molecule has 1 saturated heterocycles. The Labute approximate surface area is 154 Å². The predicted molar refractivity (Wildman–Crippen MR) is 101 cm³/mol. The molecule has 1 N–H and O–H groups in total. The maximum absolute atomic E-state index is 5.48. The SMILES string of the molecule is COc1cccc(CN2CCc3ncnc(N[C@@H]4CCOC4)c3CC2)c1. The third-order valence-electron chi connectivity index (χ3n) is 5.19. The van der Waals surface area contributed by atoms with E-state index in [1.165, 1.54) is 16.8 Å². The van der Waals surface area contributed by atoms with Crippen LogP contribution in [0.2, 0.25) is 0 Å². The van der Waals surface area contributed by atoms with Crippen LogP contribution >= 0.6 is 0 Å². The molecule has 2 aliphatic rings. The molecule has 0 bridgehead atoms. The molecule has 6 nitrogen and oxygen atoms in total. The number of fused-ring (bicyclic) bond motifs is 1. The molecule has 2 aliphatic heterocycles. The van der Waals surface area contributed by atoms with Crippen molar-refractivity contribution in [3.8, 4) is 5.75 Å². The van der Waals surface area contributed by atoms with Crippen molar-refractivity contribution >= 4 is 5.82 Å². The highest BCUT2D eigenvalue weighted by Gasteiger charge is 2.22. The minimum absolute atomic E-state index is 0.366. The number of hydrogen-bond acceptors (Lipinski definition) is 6. The highest BCUT2D eigenvalue weighted by molar-refractivity contribution is 5.47. The van der Waals surface area contributed by atoms with Gasteiger partial charge in [0.1, 0.15) is 17.9 Å². The van der Waals surface area contributed by atoms with Gasteiger partial charge in [-0.2, -0.15) is 0 Å². The molecule has 1 aromatic heterocycles. The molecule has 4 rings (SSSR count). The molecule has 1 aromatic carbocycles. The molecule has 26 heavy (non-hydrogen) atoms. The summed E-state index contributed by atoms with van der Waals surface area (Å²) in [4.78, 5) is 11.6. The Kier molecular flexibility index (Phi) is 5.32. The van der Waals surface area contributed by atoms with E-state index in [0.29, 0.717) is 6.04 Å². The second-order valence-corrected chi connectivity index (χ2v) is 6.98. The van der Waals surface area contributed by atoms with Crippen LogP contribution in [0.25, 0.3) is 0 Å². The molecule has 2 aromatic rings. The second-order valence-electron chi connectivity index (χ2n) is 6.98. The Morgan fingerprint density at radius 3 is 3.04 bits per heavy atom. The van der Waals surface area contributed by atoms with E-state index >= 15 is 0 Å². The van der Waals surface area contributed by atoms with Crippen LogP contribution in [0.4, 0.5) is 5.82 Å². The molecule has 0 aliphatic carbocycles. The van der Waals surface area contributed by atoms with E-state index in [-0.39, 0.29) is 0 Å². The fourth-order valence-corrected chi connectivity index (χ4v) is 3.73.